The number of aliphatic imine (C=N–C) groups is 1. The van der Waals surface area contributed by atoms with Crippen molar-refractivity contribution in [3.8, 4) is 0 Å². The molecule has 1 heterocycles. The lowest BCUT2D eigenvalue weighted by Crippen LogP contribution is -2.38. The molecule has 1 aliphatic heterocycles. The van der Waals surface area contributed by atoms with E-state index in [1.807, 2.05) is 0 Å². The first-order valence-electron chi connectivity index (χ1n) is 11.9. The van der Waals surface area contributed by atoms with Crippen LogP contribution in [0.1, 0.15) is 101 Å². The lowest BCUT2D eigenvalue weighted by atomic mass is 9.70. The summed E-state index contributed by atoms with van der Waals surface area (Å²) in [6, 6.07) is 0.593. The summed E-state index contributed by atoms with van der Waals surface area (Å²) in [5, 5.41) is 6.69. The highest BCUT2D eigenvalue weighted by molar-refractivity contribution is 5.57. The minimum Gasteiger partial charge on any atom is -0.372 e. The Hall–Kier alpha value is -0.830. The first-order chi connectivity index (χ1) is 13.2. The third-order valence-electron chi connectivity index (χ3n) is 6.22. The molecular formula is C26H53N3. The van der Waals surface area contributed by atoms with E-state index in [4.69, 9.17) is 0 Å². The fourth-order valence-corrected chi connectivity index (χ4v) is 3.78. The number of hydrogen-bond acceptors (Lipinski definition) is 3. The first-order valence-corrected chi connectivity index (χ1v) is 11.9. The molecule has 0 aromatic rings. The third-order valence-corrected chi connectivity index (χ3v) is 6.22. The zero-order valence-electron chi connectivity index (χ0n) is 20.0. The summed E-state index contributed by atoms with van der Waals surface area (Å²) in [5.41, 5.74) is 2.33. The summed E-state index contributed by atoms with van der Waals surface area (Å²) in [7, 11) is 0. The van der Waals surface area contributed by atoms with Gasteiger partial charge >= 0.3 is 0 Å². The predicted molar refractivity (Wildman–Crippen MR) is 133 cm³/mol. The minimum absolute atomic E-state index is 0. The van der Waals surface area contributed by atoms with Gasteiger partial charge in [-0.2, -0.15) is 0 Å². The van der Waals surface area contributed by atoms with E-state index < -0.39 is 0 Å². The van der Waals surface area contributed by atoms with Crippen molar-refractivity contribution in [2.24, 2.45) is 28.2 Å². The van der Waals surface area contributed by atoms with Gasteiger partial charge in [0.25, 0.3) is 0 Å². The Labute approximate surface area is 183 Å². The molecule has 0 spiro atoms. The van der Waals surface area contributed by atoms with Crippen molar-refractivity contribution in [2.45, 2.75) is 107 Å². The SMILES string of the molecule is C.CC(C)C1=CCCCC1.CC(C)C1CN=CN1.CC(C)CNCC1(C)CCC1. The molecule has 3 nitrogen and oxygen atoms in total. The monoisotopic (exact) mass is 407 g/mol. The molecule has 0 bridgehead atoms. The minimum atomic E-state index is 0. The Kier molecular flexibility index (Phi) is 14.6. The van der Waals surface area contributed by atoms with Crippen LogP contribution in [0.25, 0.3) is 0 Å². The summed E-state index contributed by atoms with van der Waals surface area (Å²) in [6.45, 7) is 19.3. The summed E-state index contributed by atoms with van der Waals surface area (Å²) in [5.74, 6) is 2.29. The van der Waals surface area contributed by atoms with Crippen LogP contribution >= 0.6 is 0 Å². The Morgan fingerprint density at radius 1 is 1.10 bits per heavy atom. The molecule has 3 heteroatoms. The fraction of sp³-hybridized carbons (Fsp3) is 0.885. The molecule has 0 radical (unpaired) electrons. The lowest BCUT2D eigenvalue weighted by Gasteiger charge is -2.38. The zero-order valence-corrected chi connectivity index (χ0v) is 20.0. The molecule has 1 unspecified atom stereocenters. The largest absolute Gasteiger partial charge is 0.372 e. The van der Waals surface area contributed by atoms with Crippen LogP contribution in [0.2, 0.25) is 0 Å². The molecule has 1 atom stereocenters. The second kappa shape index (κ2) is 15.0. The molecule has 1 saturated carbocycles. The van der Waals surface area contributed by atoms with Crippen LogP contribution in [0.5, 0.6) is 0 Å². The van der Waals surface area contributed by atoms with Gasteiger partial charge in [0.1, 0.15) is 0 Å². The topological polar surface area (TPSA) is 36.4 Å². The summed E-state index contributed by atoms with van der Waals surface area (Å²) >= 11 is 0. The Bertz CT molecular complexity index is 451. The molecule has 172 valence electrons. The van der Waals surface area contributed by atoms with Gasteiger partial charge in [-0.05, 0) is 68.2 Å². The highest BCUT2D eigenvalue weighted by Gasteiger charge is 2.30. The summed E-state index contributed by atoms with van der Waals surface area (Å²) in [4.78, 5) is 4.05. The lowest BCUT2D eigenvalue weighted by molar-refractivity contribution is 0.155. The van der Waals surface area contributed by atoms with E-state index in [-0.39, 0.29) is 7.43 Å². The van der Waals surface area contributed by atoms with Crippen LogP contribution in [0.4, 0.5) is 0 Å². The normalized spacial score (nSPS) is 21.9. The smallest absolute Gasteiger partial charge is 0.0827 e. The van der Waals surface area contributed by atoms with Crippen molar-refractivity contribution in [3.63, 3.8) is 0 Å². The average Bonchev–Trinajstić information content (AvgIpc) is 3.17. The van der Waals surface area contributed by atoms with E-state index in [1.165, 1.54) is 58.0 Å². The third kappa shape index (κ3) is 12.5. The van der Waals surface area contributed by atoms with Gasteiger partial charge in [-0.25, -0.2) is 0 Å². The first kappa shape index (κ1) is 28.2. The van der Waals surface area contributed by atoms with E-state index in [9.17, 15) is 0 Å². The van der Waals surface area contributed by atoms with Crippen LogP contribution in [0, 0.1) is 23.2 Å². The molecule has 0 aromatic carbocycles. The molecule has 0 aromatic heterocycles. The van der Waals surface area contributed by atoms with Gasteiger partial charge in [0.2, 0.25) is 0 Å². The van der Waals surface area contributed by atoms with Gasteiger partial charge in [0.05, 0.1) is 12.9 Å². The number of rotatable bonds is 6. The second-order valence-corrected chi connectivity index (χ2v) is 10.4. The molecule has 2 aliphatic carbocycles. The van der Waals surface area contributed by atoms with Crippen molar-refractivity contribution in [1.82, 2.24) is 10.6 Å². The van der Waals surface area contributed by atoms with Crippen LogP contribution in [-0.4, -0.2) is 32.0 Å². The summed E-state index contributed by atoms with van der Waals surface area (Å²) < 4.78 is 0. The van der Waals surface area contributed by atoms with Gasteiger partial charge in [-0.1, -0.05) is 74.0 Å². The van der Waals surface area contributed by atoms with E-state index in [1.54, 1.807) is 11.9 Å². The van der Waals surface area contributed by atoms with E-state index >= 15 is 0 Å². The predicted octanol–water partition coefficient (Wildman–Crippen LogP) is 6.84. The summed E-state index contributed by atoms with van der Waals surface area (Å²) in [6.07, 6.45) is 14.0. The van der Waals surface area contributed by atoms with Crippen molar-refractivity contribution in [2.75, 3.05) is 19.6 Å². The van der Waals surface area contributed by atoms with Crippen LogP contribution < -0.4 is 10.6 Å². The molecule has 3 aliphatic rings. The van der Waals surface area contributed by atoms with E-state index in [0.29, 0.717) is 17.4 Å². The zero-order chi connectivity index (χ0) is 21.0. The molecule has 1 fully saturated rings. The van der Waals surface area contributed by atoms with Gasteiger partial charge in [-0.3, -0.25) is 4.99 Å². The van der Waals surface area contributed by atoms with Crippen LogP contribution in [-0.2, 0) is 0 Å². The van der Waals surface area contributed by atoms with Gasteiger partial charge < -0.3 is 10.6 Å². The molecule has 2 N–H and O–H groups in total. The Balaban J connectivity index is 0.000000404. The van der Waals surface area contributed by atoms with E-state index in [2.05, 4.69) is 70.2 Å². The van der Waals surface area contributed by atoms with Gasteiger partial charge in [-0.15, -0.1) is 0 Å². The highest BCUT2D eigenvalue weighted by Crippen LogP contribution is 2.39. The number of nitrogens with zero attached hydrogens (tertiary/aromatic N) is 1. The molecule has 0 amide bonds. The number of hydrogen-bond donors (Lipinski definition) is 2. The molecule has 0 saturated heterocycles. The Morgan fingerprint density at radius 2 is 1.79 bits per heavy atom. The van der Waals surface area contributed by atoms with Gasteiger partial charge in [0, 0.05) is 12.6 Å². The Morgan fingerprint density at radius 3 is 2.10 bits per heavy atom. The maximum Gasteiger partial charge on any atom is 0.0827 e. The van der Waals surface area contributed by atoms with Crippen LogP contribution in [0.15, 0.2) is 16.6 Å². The van der Waals surface area contributed by atoms with Crippen molar-refractivity contribution in [1.29, 1.82) is 0 Å². The quantitative estimate of drug-likeness (QED) is 0.473. The number of nitrogens with one attached hydrogen (secondary N) is 2. The molecule has 3 rings (SSSR count). The number of allylic oxidation sites excluding steroid dienone is 2. The molecule has 29 heavy (non-hydrogen) atoms. The van der Waals surface area contributed by atoms with Crippen LogP contribution in [0.3, 0.4) is 0 Å². The van der Waals surface area contributed by atoms with Crippen molar-refractivity contribution < 1.29 is 0 Å². The fourth-order valence-electron chi connectivity index (χ4n) is 3.78. The standard InChI is InChI=1S/C10H21N.C9H16.C6H12N2.CH4/c1-9(2)7-11-8-10(3)5-4-6-10;1-8(2)9-6-4-3-5-7-9;1-5(2)6-3-7-4-8-6;/h9,11H,4-8H2,1-3H3;6,8H,3-5,7H2,1-2H3;4-6H,3H2,1-2H3,(H,7,8);1H4. The van der Waals surface area contributed by atoms with E-state index in [0.717, 1.165) is 18.4 Å². The van der Waals surface area contributed by atoms with Crippen molar-refractivity contribution in [3.05, 3.63) is 11.6 Å². The maximum atomic E-state index is 4.05. The second-order valence-electron chi connectivity index (χ2n) is 10.4. The van der Waals surface area contributed by atoms with Crippen molar-refractivity contribution >= 4 is 6.34 Å². The van der Waals surface area contributed by atoms with Gasteiger partial charge in [0.15, 0.2) is 0 Å². The average molecular weight is 408 g/mol. The highest BCUT2D eigenvalue weighted by atomic mass is 15.1. The maximum absolute atomic E-state index is 4.05. The molecular weight excluding hydrogens is 354 g/mol.